The predicted octanol–water partition coefficient (Wildman–Crippen LogP) is 4.81. The molecular formula is C38H55N6O14P. The predicted molar refractivity (Wildman–Crippen MR) is 211 cm³/mol. The fraction of sp³-hybridized carbons (Fsp3) is 0.605. The first-order valence-corrected chi connectivity index (χ1v) is 21.4. The first kappa shape index (κ1) is 46.6. The summed E-state index contributed by atoms with van der Waals surface area (Å²) < 4.78 is 56.6. The van der Waals surface area contributed by atoms with Crippen molar-refractivity contribution in [1.29, 1.82) is 0 Å². The summed E-state index contributed by atoms with van der Waals surface area (Å²) in [6.07, 6.45) is -4.55. The van der Waals surface area contributed by atoms with Crippen molar-refractivity contribution in [3.8, 4) is 11.4 Å². The summed E-state index contributed by atoms with van der Waals surface area (Å²) in [4.78, 5) is 79.8. The maximum absolute atomic E-state index is 14.7. The molecular weight excluding hydrogens is 795 g/mol. The Bertz CT molecular complexity index is 1730. The number of piperazine rings is 1. The van der Waals surface area contributed by atoms with E-state index in [1.165, 1.54) is 29.7 Å². The summed E-state index contributed by atoms with van der Waals surface area (Å²) in [6.45, 7) is 9.16. The quantitative estimate of drug-likeness (QED) is 0.0658. The molecule has 3 heterocycles. The Hall–Kier alpha value is -5.04. The van der Waals surface area contributed by atoms with Crippen molar-refractivity contribution in [3.63, 3.8) is 0 Å². The third kappa shape index (κ3) is 14.3. The first-order chi connectivity index (χ1) is 28.3. The van der Waals surface area contributed by atoms with E-state index < -0.39 is 62.6 Å². The highest BCUT2D eigenvalue weighted by Crippen LogP contribution is 2.51. The maximum atomic E-state index is 14.7. The molecule has 1 aromatic carbocycles. The number of nitrogens with zero attached hydrogens (tertiary/aromatic N) is 5. The summed E-state index contributed by atoms with van der Waals surface area (Å²) in [6, 6.07) is 8.87. The number of hydrogen-bond donors (Lipinski definition) is 1. The molecule has 2 aromatic rings. The molecule has 4 unspecified atom stereocenters. The van der Waals surface area contributed by atoms with E-state index in [-0.39, 0.29) is 63.6 Å². The van der Waals surface area contributed by atoms with Crippen LogP contribution < -0.4 is 10.2 Å². The van der Waals surface area contributed by atoms with Gasteiger partial charge in [0.2, 0.25) is 18.5 Å². The van der Waals surface area contributed by atoms with Gasteiger partial charge in [-0.15, -0.1) is 0 Å². The fourth-order valence-corrected chi connectivity index (χ4v) is 8.01. The number of hydrogen-bond acceptors (Lipinski definition) is 17. The molecule has 0 saturated carbocycles. The molecule has 20 nitrogen and oxygen atoms in total. The van der Waals surface area contributed by atoms with Gasteiger partial charge in [-0.1, -0.05) is 43.7 Å². The van der Waals surface area contributed by atoms with Crippen LogP contribution >= 0.6 is 7.60 Å². The van der Waals surface area contributed by atoms with Gasteiger partial charge in [0, 0.05) is 58.0 Å². The lowest BCUT2D eigenvalue weighted by Gasteiger charge is -2.36. The Kier molecular flexibility index (Phi) is 18.1. The number of nitrogens with one attached hydrogen (secondary N) is 1. The standard InChI is InChI=1S/C38H55N6O14P/c1-7-10-22-54-36(47)43-20-18-42(19-21-43)35(46)31(25-59(50,57-26(4)55-37(48)52-8-2)58-27(5)56-38(49)53-9-3)40-34(45)30-23-32(44-17-16-29(24-44)51-6)41-33(39-30)28-14-12-11-13-15-28/h11-15,23,26-27,29,31H,7-10,16-22,24-25H2,1-6H3,(H,40,45). The van der Waals surface area contributed by atoms with E-state index in [1.807, 2.05) is 17.9 Å². The van der Waals surface area contributed by atoms with Crippen molar-refractivity contribution < 1.29 is 66.0 Å². The van der Waals surface area contributed by atoms with Gasteiger partial charge >= 0.3 is 26.0 Å². The Labute approximate surface area is 343 Å². The first-order valence-electron chi connectivity index (χ1n) is 19.6. The van der Waals surface area contributed by atoms with Crippen LogP contribution in [0, 0.1) is 0 Å². The summed E-state index contributed by atoms with van der Waals surface area (Å²) in [7, 11) is -3.07. The zero-order chi connectivity index (χ0) is 43.0. The number of anilines is 1. The molecule has 0 spiro atoms. The highest BCUT2D eigenvalue weighted by atomic mass is 31.2. The lowest BCUT2D eigenvalue weighted by Crippen LogP contribution is -2.57. The van der Waals surface area contributed by atoms with Crippen LogP contribution in [-0.4, -0.2) is 147 Å². The zero-order valence-electron chi connectivity index (χ0n) is 34.4. The van der Waals surface area contributed by atoms with Gasteiger partial charge in [0.05, 0.1) is 32.1 Å². The van der Waals surface area contributed by atoms with Crippen molar-refractivity contribution in [2.24, 2.45) is 0 Å². The van der Waals surface area contributed by atoms with E-state index in [0.29, 0.717) is 30.9 Å². The van der Waals surface area contributed by atoms with Gasteiger partial charge in [-0.05, 0) is 40.5 Å². The summed E-state index contributed by atoms with van der Waals surface area (Å²) in [5.41, 5.74) is 0.518. The number of rotatable bonds is 19. The fourth-order valence-electron chi connectivity index (χ4n) is 6.10. The molecule has 2 saturated heterocycles. The summed E-state index contributed by atoms with van der Waals surface area (Å²) in [5, 5.41) is 2.67. The van der Waals surface area contributed by atoms with Crippen molar-refractivity contribution >= 4 is 43.6 Å². The molecule has 3 amide bonds. The van der Waals surface area contributed by atoms with E-state index in [4.69, 9.17) is 42.5 Å². The third-order valence-electron chi connectivity index (χ3n) is 9.03. The van der Waals surface area contributed by atoms with E-state index in [9.17, 15) is 28.5 Å². The Balaban J connectivity index is 1.69. The van der Waals surface area contributed by atoms with E-state index in [2.05, 4.69) is 10.3 Å². The van der Waals surface area contributed by atoms with Crippen LogP contribution in [0.1, 0.15) is 64.4 Å². The highest BCUT2D eigenvalue weighted by molar-refractivity contribution is 7.54. The molecule has 1 aromatic heterocycles. The summed E-state index contributed by atoms with van der Waals surface area (Å²) >= 11 is 0. The van der Waals surface area contributed by atoms with Gasteiger partial charge in [0.25, 0.3) is 5.91 Å². The zero-order valence-corrected chi connectivity index (χ0v) is 35.3. The molecule has 2 fully saturated rings. The third-order valence-corrected chi connectivity index (χ3v) is 11.1. The lowest BCUT2D eigenvalue weighted by atomic mass is 10.2. The van der Waals surface area contributed by atoms with E-state index in [1.54, 1.807) is 45.2 Å². The number of methoxy groups -OCH3 is 1. The lowest BCUT2D eigenvalue weighted by molar-refractivity contribution is -0.134. The topological polar surface area (TPSA) is 224 Å². The molecule has 0 radical (unpaired) electrons. The molecule has 4 rings (SSSR count). The smallest absolute Gasteiger partial charge is 0.449 e. The molecule has 2 aliphatic rings. The average Bonchev–Trinajstić information content (AvgIpc) is 3.70. The second-order valence-electron chi connectivity index (χ2n) is 13.4. The van der Waals surface area contributed by atoms with Crippen LogP contribution in [0.25, 0.3) is 11.4 Å². The number of benzene rings is 1. The minimum Gasteiger partial charge on any atom is -0.449 e. The van der Waals surface area contributed by atoms with Crippen molar-refractivity contribution in [3.05, 3.63) is 42.1 Å². The molecule has 59 heavy (non-hydrogen) atoms. The Morgan fingerprint density at radius 3 is 2.02 bits per heavy atom. The molecule has 0 bridgehead atoms. The van der Waals surface area contributed by atoms with Crippen LogP contribution in [0.4, 0.5) is 20.2 Å². The van der Waals surface area contributed by atoms with Crippen molar-refractivity contribution in [1.82, 2.24) is 25.1 Å². The van der Waals surface area contributed by atoms with Gasteiger partial charge in [-0.3, -0.25) is 23.2 Å². The molecule has 4 atom stereocenters. The monoisotopic (exact) mass is 850 g/mol. The SMILES string of the molecule is CCCCOC(=O)N1CCN(C(=O)C(CP(=O)(OC(C)OC(=O)OCC)OC(C)OC(=O)OCC)NC(=O)c2cc(N3CCC(OC)C3)nc(-c3ccccc3)n2)CC1. The molecule has 0 aliphatic carbocycles. The number of amides is 3. The number of aromatic nitrogens is 2. The van der Waals surface area contributed by atoms with Crippen molar-refractivity contribution in [2.45, 2.75) is 78.6 Å². The van der Waals surface area contributed by atoms with E-state index in [0.717, 1.165) is 12.8 Å². The average molecular weight is 851 g/mol. The Morgan fingerprint density at radius 2 is 1.46 bits per heavy atom. The number of unbranched alkanes of at least 4 members (excludes halogenated alkanes) is 1. The number of carbonyl (C=O) groups is 5. The van der Waals surface area contributed by atoms with Gasteiger partial charge in [-0.2, -0.15) is 0 Å². The van der Waals surface area contributed by atoms with Crippen LogP contribution in [0.3, 0.4) is 0 Å². The molecule has 2 aliphatic heterocycles. The second kappa shape index (κ2) is 22.9. The largest absolute Gasteiger partial charge is 0.510 e. The van der Waals surface area contributed by atoms with Crippen molar-refractivity contribution in [2.75, 3.05) is 77.3 Å². The van der Waals surface area contributed by atoms with Crippen LogP contribution in [0.5, 0.6) is 0 Å². The van der Waals surface area contributed by atoms with E-state index >= 15 is 0 Å². The van der Waals surface area contributed by atoms with Gasteiger partial charge in [0.1, 0.15) is 17.6 Å². The second-order valence-corrected chi connectivity index (χ2v) is 15.4. The minimum atomic E-state index is -4.70. The molecule has 1 N–H and O–H groups in total. The van der Waals surface area contributed by atoms with Crippen LogP contribution in [-0.2, 0) is 46.8 Å². The van der Waals surface area contributed by atoms with Gasteiger partial charge in [0.15, 0.2) is 5.82 Å². The molecule has 21 heteroatoms. The maximum Gasteiger partial charge on any atom is 0.510 e. The highest BCUT2D eigenvalue weighted by Gasteiger charge is 2.41. The Morgan fingerprint density at radius 1 is 0.847 bits per heavy atom. The minimum absolute atomic E-state index is 0.0298. The van der Waals surface area contributed by atoms with Crippen LogP contribution in [0.15, 0.2) is 36.4 Å². The normalized spacial score (nSPS) is 17.9. The number of carbonyl (C=O) groups excluding carboxylic acids is 5. The summed E-state index contributed by atoms with van der Waals surface area (Å²) in [5.74, 6) is -0.850. The van der Waals surface area contributed by atoms with Gasteiger partial charge < -0.3 is 48.4 Å². The van der Waals surface area contributed by atoms with Crippen LogP contribution in [0.2, 0.25) is 0 Å². The number of ether oxygens (including phenoxy) is 6. The van der Waals surface area contributed by atoms with Gasteiger partial charge in [-0.25, -0.2) is 24.4 Å². The molecule has 326 valence electrons.